The van der Waals surface area contributed by atoms with Gasteiger partial charge in [-0.1, -0.05) is 50.3 Å². The largest absolute Gasteiger partial charge is 0.265 e. The van der Waals surface area contributed by atoms with Gasteiger partial charge in [0, 0.05) is 12.4 Å². The first-order valence-corrected chi connectivity index (χ1v) is 7.15. The first kappa shape index (κ1) is 12.9. The second-order valence-electron chi connectivity index (χ2n) is 5.47. The van der Waals surface area contributed by atoms with Crippen LogP contribution in [0.25, 0.3) is 16.7 Å². The minimum absolute atomic E-state index is 0.563. The normalized spacial score (nSPS) is 21.6. The van der Waals surface area contributed by atoms with E-state index in [2.05, 4.69) is 73.5 Å². The van der Waals surface area contributed by atoms with Gasteiger partial charge < -0.3 is 0 Å². The Balaban J connectivity index is 2.00. The smallest absolute Gasteiger partial charge is 0.0273 e. The average Bonchev–Trinajstić information content (AvgIpc) is 2.51. The van der Waals surface area contributed by atoms with Crippen LogP contribution in [0.2, 0.25) is 0 Å². The Morgan fingerprint density at radius 2 is 1.65 bits per heavy atom. The van der Waals surface area contributed by atoms with Gasteiger partial charge in [0.15, 0.2) is 0 Å². The van der Waals surface area contributed by atoms with Crippen LogP contribution in [0.15, 0.2) is 67.0 Å². The second-order valence-corrected chi connectivity index (χ2v) is 5.47. The molecule has 1 heterocycles. The van der Waals surface area contributed by atoms with Gasteiger partial charge in [0.05, 0.1) is 0 Å². The van der Waals surface area contributed by atoms with Crippen molar-refractivity contribution in [1.82, 2.24) is 4.98 Å². The van der Waals surface area contributed by atoms with Gasteiger partial charge in [0.2, 0.25) is 0 Å². The third-order valence-electron chi connectivity index (χ3n) is 4.18. The lowest BCUT2D eigenvalue weighted by molar-refractivity contribution is 0.568. The molecule has 1 aromatic heterocycles. The predicted molar refractivity (Wildman–Crippen MR) is 85.1 cm³/mol. The summed E-state index contributed by atoms with van der Waals surface area (Å²) >= 11 is 0. The van der Waals surface area contributed by atoms with Crippen molar-refractivity contribution in [2.75, 3.05) is 0 Å². The quantitative estimate of drug-likeness (QED) is 0.743. The first-order chi connectivity index (χ1) is 9.75. The van der Waals surface area contributed by atoms with E-state index in [0.29, 0.717) is 11.8 Å². The molecule has 1 aromatic carbocycles. The number of allylic oxidation sites excluding steroid dienone is 4. The van der Waals surface area contributed by atoms with E-state index >= 15 is 0 Å². The fourth-order valence-electron chi connectivity index (χ4n) is 2.72. The van der Waals surface area contributed by atoms with E-state index < -0.39 is 0 Å². The number of benzene rings is 1. The van der Waals surface area contributed by atoms with Gasteiger partial charge in [-0.3, -0.25) is 4.98 Å². The Kier molecular flexibility index (Phi) is 3.51. The molecule has 0 N–H and O–H groups in total. The van der Waals surface area contributed by atoms with Gasteiger partial charge in [-0.05, 0) is 52.3 Å². The lowest BCUT2D eigenvalue weighted by atomic mass is 9.81. The number of rotatable bonds is 2. The van der Waals surface area contributed by atoms with Crippen LogP contribution in [-0.4, -0.2) is 4.98 Å². The minimum Gasteiger partial charge on any atom is -0.265 e. The van der Waals surface area contributed by atoms with E-state index in [0.717, 1.165) is 0 Å². The van der Waals surface area contributed by atoms with Crippen molar-refractivity contribution in [3.8, 4) is 11.1 Å². The molecule has 0 amide bonds. The van der Waals surface area contributed by atoms with Gasteiger partial charge in [-0.15, -0.1) is 0 Å². The molecule has 1 aliphatic rings. The summed E-state index contributed by atoms with van der Waals surface area (Å²) in [6.45, 7) is 4.58. The van der Waals surface area contributed by atoms with Crippen LogP contribution in [0.3, 0.4) is 0 Å². The van der Waals surface area contributed by atoms with Crippen molar-refractivity contribution in [1.29, 1.82) is 0 Å². The molecule has 1 aliphatic carbocycles. The summed E-state index contributed by atoms with van der Waals surface area (Å²) in [5, 5.41) is 0. The van der Waals surface area contributed by atoms with Crippen LogP contribution in [-0.2, 0) is 0 Å². The van der Waals surface area contributed by atoms with Gasteiger partial charge in [-0.2, -0.15) is 0 Å². The molecule has 0 aliphatic heterocycles. The molecule has 1 nitrogen and oxygen atoms in total. The summed E-state index contributed by atoms with van der Waals surface area (Å²) in [6.07, 6.45) is 10.4. The predicted octanol–water partition coefficient (Wildman–Crippen LogP) is 4.97. The third-order valence-corrected chi connectivity index (χ3v) is 4.18. The minimum atomic E-state index is 0.563. The molecule has 1 unspecified atom stereocenters. The Hall–Kier alpha value is -2.15. The van der Waals surface area contributed by atoms with E-state index in [4.69, 9.17) is 0 Å². The van der Waals surface area contributed by atoms with E-state index in [1.807, 2.05) is 12.4 Å². The van der Waals surface area contributed by atoms with Crippen LogP contribution < -0.4 is 0 Å². The zero-order chi connectivity index (χ0) is 13.9. The lowest BCUT2D eigenvalue weighted by Gasteiger charge is -2.24. The number of pyridine rings is 1. The topological polar surface area (TPSA) is 12.9 Å². The molecule has 0 fully saturated rings. The summed E-state index contributed by atoms with van der Waals surface area (Å²) in [7, 11) is 0. The number of aromatic nitrogens is 1. The lowest BCUT2D eigenvalue weighted by Crippen LogP contribution is -2.10. The van der Waals surface area contributed by atoms with Crippen LogP contribution in [0.1, 0.15) is 19.4 Å². The van der Waals surface area contributed by atoms with Gasteiger partial charge in [0.25, 0.3) is 0 Å². The highest BCUT2D eigenvalue weighted by Crippen LogP contribution is 2.34. The average molecular weight is 261 g/mol. The standard InChI is InChI=1S/C19H19N/c1-14-5-3-8-19(15(14)2)18-7-4-6-17(13-18)16-9-11-20-12-10-16/h3-15H,1-2H3/t14-,15?/m1/s1. The van der Waals surface area contributed by atoms with Crippen molar-refractivity contribution in [3.05, 3.63) is 72.6 Å². The molecular weight excluding hydrogens is 242 g/mol. The number of hydrogen-bond acceptors (Lipinski definition) is 1. The molecule has 0 spiro atoms. The molecule has 0 saturated carbocycles. The first-order valence-electron chi connectivity index (χ1n) is 7.15. The summed E-state index contributed by atoms with van der Waals surface area (Å²) in [5.41, 5.74) is 5.22. The van der Waals surface area contributed by atoms with Gasteiger partial charge in [0.1, 0.15) is 0 Å². The highest BCUT2D eigenvalue weighted by Gasteiger charge is 2.18. The molecule has 0 radical (unpaired) electrons. The van der Waals surface area contributed by atoms with Crippen molar-refractivity contribution in [3.63, 3.8) is 0 Å². The van der Waals surface area contributed by atoms with Crippen LogP contribution >= 0.6 is 0 Å². The van der Waals surface area contributed by atoms with Crippen molar-refractivity contribution in [2.24, 2.45) is 11.8 Å². The molecule has 2 atom stereocenters. The molecule has 0 bridgehead atoms. The molecule has 100 valence electrons. The summed E-state index contributed by atoms with van der Waals surface area (Å²) < 4.78 is 0. The summed E-state index contributed by atoms with van der Waals surface area (Å²) in [6, 6.07) is 12.9. The van der Waals surface area contributed by atoms with Crippen molar-refractivity contribution < 1.29 is 0 Å². The van der Waals surface area contributed by atoms with Crippen molar-refractivity contribution in [2.45, 2.75) is 13.8 Å². The van der Waals surface area contributed by atoms with Crippen LogP contribution in [0, 0.1) is 11.8 Å². The van der Waals surface area contributed by atoms with Crippen LogP contribution in [0.4, 0.5) is 0 Å². The fraction of sp³-hybridized carbons (Fsp3) is 0.211. The second kappa shape index (κ2) is 5.46. The molecule has 20 heavy (non-hydrogen) atoms. The SMILES string of the molecule is CC1C(c2cccc(-c3ccncc3)c2)=CC=C[C@H]1C. The van der Waals surface area contributed by atoms with Gasteiger partial charge in [-0.25, -0.2) is 0 Å². The van der Waals surface area contributed by atoms with E-state index in [1.165, 1.54) is 22.3 Å². The zero-order valence-corrected chi connectivity index (χ0v) is 12.0. The summed E-state index contributed by atoms with van der Waals surface area (Å²) in [4.78, 5) is 4.08. The third kappa shape index (κ3) is 2.44. The highest BCUT2D eigenvalue weighted by atomic mass is 14.6. The Bertz CT molecular complexity index is 652. The summed E-state index contributed by atoms with van der Waals surface area (Å²) in [5.74, 6) is 1.16. The molecule has 1 heteroatoms. The Morgan fingerprint density at radius 1 is 0.900 bits per heavy atom. The van der Waals surface area contributed by atoms with Gasteiger partial charge >= 0.3 is 0 Å². The molecule has 0 saturated heterocycles. The van der Waals surface area contributed by atoms with E-state index in [9.17, 15) is 0 Å². The maximum absolute atomic E-state index is 4.08. The van der Waals surface area contributed by atoms with Crippen LogP contribution in [0.5, 0.6) is 0 Å². The Morgan fingerprint density at radius 3 is 2.45 bits per heavy atom. The zero-order valence-electron chi connectivity index (χ0n) is 12.0. The maximum Gasteiger partial charge on any atom is 0.0273 e. The van der Waals surface area contributed by atoms with E-state index in [-0.39, 0.29) is 0 Å². The maximum atomic E-state index is 4.08. The molecule has 3 rings (SSSR count). The van der Waals surface area contributed by atoms with E-state index in [1.54, 1.807) is 0 Å². The molecular formula is C19H19N. The number of nitrogens with zero attached hydrogens (tertiary/aromatic N) is 1. The van der Waals surface area contributed by atoms with Crippen molar-refractivity contribution >= 4 is 5.57 Å². The Labute approximate surface area is 120 Å². The monoisotopic (exact) mass is 261 g/mol. The number of hydrogen-bond donors (Lipinski definition) is 0. The molecule has 2 aromatic rings. The highest BCUT2D eigenvalue weighted by molar-refractivity contribution is 5.75. The fourth-order valence-corrected chi connectivity index (χ4v) is 2.72.